The first-order valence-electron chi connectivity index (χ1n) is 8.35. The van der Waals surface area contributed by atoms with E-state index in [0.29, 0.717) is 15.4 Å². The van der Waals surface area contributed by atoms with Gasteiger partial charge in [0.25, 0.3) is 0 Å². The lowest BCUT2D eigenvalue weighted by Crippen LogP contribution is -2.52. The number of fused-ring (bicyclic) bond motifs is 1. The maximum Gasteiger partial charge on any atom is 0.250 e. The molecule has 0 fully saturated rings. The molecule has 0 aromatic heterocycles. The van der Waals surface area contributed by atoms with Crippen molar-refractivity contribution in [2.45, 2.75) is 23.9 Å². The number of rotatable bonds is 4. The monoisotopic (exact) mass is 432 g/mol. The van der Waals surface area contributed by atoms with Gasteiger partial charge in [0.05, 0.1) is 7.11 Å². The van der Waals surface area contributed by atoms with Gasteiger partial charge < -0.3 is 10.1 Å². The van der Waals surface area contributed by atoms with Crippen LogP contribution in [0.2, 0.25) is 0 Å². The van der Waals surface area contributed by atoms with Gasteiger partial charge in [-0.15, -0.1) is 0 Å². The van der Waals surface area contributed by atoms with Crippen LogP contribution in [0.3, 0.4) is 0 Å². The van der Waals surface area contributed by atoms with Gasteiger partial charge in [-0.05, 0) is 17.5 Å². The van der Waals surface area contributed by atoms with Gasteiger partial charge in [0.15, 0.2) is 22.3 Å². The Balaban J connectivity index is 2.22. The van der Waals surface area contributed by atoms with Crippen molar-refractivity contribution in [1.82, 2.24) is 9.62 Å². The van der Waals surface area contributed by atoms with E-state index < -0.39 is 62.4 Å². The number of nitrogens with zero attached hydrogens (tertiary/aromatic N) is 1. The number of halogens is 4. The number of hydrogen-bond acceptors (Lipinski definition) is 4. The molecule has 2 aromatic carbocycles. The fraction of sp³-hybridized carbons (Fsp3) is 0.278. The Bertz CT molecular complexity index is 1060. The van der Waals surface area contributed by atoms with Crippen LogP contribution in [-0.4, -0.2) is 38.8 Å². The number of carbonyl (C=O) groups is 1. The molecular weight excluding hydrogens is 416 g/mol. The Labute approximate surface area is 164 Å². The third-order valence-electron chi connectivity index (χ3n) is 4.71. The molecule has 11 heteroatoms. The summed E-state index contributed by atoms with van der Waals surface area (Å²) in [5, 5.41) is 2.29. The first kappa shape index (κ1) is 21.1. The second-order valence-corrected chi connectivity index (χ2v) is 8.10. The molecule has 0 saturated carbocycles. The van der Waals surface area contributed by atoms with Gasteiger partial charge >= 0.3 is 0 Å². The van der Waals surface area contributed by atoms with Crippen LogP contribution in [0.25, 0.3) is 0 Å². The van der Waals surface area contributed by atoms with Gasteiger partial charge in [-0.3, -0.25) is 4.79 Å². The second kappa shape index (κ2) is 7.64. The summed E-state index contributed by atoms with van der Waals surface area (Å²) in [6.07, 6.45) is -0.0839. The van der Waals surface area contributed by atoms with Crippen LogP contribution in [0, 0.1) is 23.3 Å². The first-order chi connectivity index (χ1) is 13.6. The van der Waals surface area contributed by atoms with Crippen LogP contribution in [0.5, 0.6) is 5.75 Å². The smallest absolute Gasteiger partial charge is 0.250 e. The Hall–Kier alpha value is -2.66. The van der Waals surface area contributed by atoms with Gasteiger partial charge in [-0.1, -0.05) is 24.3 Å². The van der Waals surface area contributed by atoms with E-state index in [1.165, 1.54) is 7.05 Å². The van der Waals surface area contributed by atoms with Crippen LogP contribution in [0.4, 0.5) is 17.6 Å². The standard InChI is InChI=1S/C18H16F4N2O4S/c1-23-18(25)11-7-9-5-3-4-6-10(9)8-24(11)29(26,27)17-14(21)12(19)16(28-2)13(20)15(17)22/h3-6,11H,7-8H2,1-2H3,(H,23,25). The van der Waals surface area contributed by atoms with Crippen molar-refractivity contribution in [2.24, 2.45) is 0 Å². The highest BCUT2D eigenvalue weighted by molar-refractivity contribution is 7.89. The van der Waals surface area contributed by atoms with E-state index >= 15 is 0 Å². The van der Waals surface area contributed by atoms with Crippen LogP contribution < -0.4 is 10.1 Å². The van der Waals surface area contributed by atoms with Gasteiger partial charge in [0.2, 0.25) is 27.6 Å². The normalized spacial score (nSPS) is 17.0. The Kier molecular flexibility index (Phi) is 5.54. The minimum absolute atomic E-state index is 0.0839. The molecule has 0 aliphatic carbocycles. The summed E-state index contributed by atoms with van der Waals surface area (Å²) in [4.78, 5) is 10.5. The van der Waals surface area contributed by atoms with Crippen LogP contribution >= 0.6 is 0 Å². The van der Waals surface area contributed by atoms with Crippen molar-refractivity contribution in [3.63, 3.8) is 0 Å². The fourth-order valence-corrected chi connectivity index (χ4v) is 4.94. The summed E-state index contributed by atoms with van der Waals surface area (Å²) < 4.78 is 88.1. The van der Waals surface area contributed by atoms with Crippen molar-refractivity contribution < 1.29 is 35.5 Å². The fourth-order valence-electron chi connectivity index (χ4n) is 3.26. The van der Waals surface area contributed by atoms with Crippen molar-refractivity contribution >= 4 is 15.9 Å². The topological polar surface area (TPSA) is 75.7 Å². The van der Waals surface area contributed by atoms with Crippen molar-refractivity contribution in [2.75, 3.05) is 14.2 Å². The molecular formula is C18H16F4N2O4S. The molecule has 1 atom stereocenters. The molecule has 1 N–H and O–H groups in total. The molecule has 156 valence electrons. The average Bonchev–Trinajstić information content (AvgIpc) is 2.71. The van der Waals surface area contributed by atoms with Crippen molar-refractivity contribution in [1.29, 1.82) is 0 Å². The van der Waals surface area contributed by atoms with E-state index in [0.717, 1.165) is 7.11 Å². The molecule has 0 spiro atoms. The zero-order valence-electron chi connectivity index (χ0n) is 15.3. The van der Waals surface area contributed by atoms with E-state index in [2.05, 4.69) is 10.1 Å². The molecule has 0 saturated heterocycles. The van der Waals surface area contributed by atoms with Crippen molar-refractivity contribution in [3.05, 3.63) is 58.7 Å². The minimum Gasteiger partial charge on any atom is -0.491 e. The molecule has 0 radical (unpaired) electrons. The van der Waals surface area contributed by atoms with E-state index in [9.17, 15) is 30.8 Å². The number of likely N-dealkylation sites (N-methyl/N-ethyl adjacent to an activating group) is 1. The lowest BCUT2D eigenvalue weighted by Gasteiger charge is -2.34. The number of ether oxygens (including phenoxy) is 1. The second-order valence-electron chi connectivity index (χ2n) is 6.27. The highest BCUT2D eigenvalue weighted by Crippen LogP contribution is 2.36. The SMILES string of the molecule is CNC(=O)C1Cc2ccccc2CN1S(=O)(=O)c1c(F)c(F)c(OC)c(F)c1F. The third kappa shape index (κ3) is 3.33. The number of hydrogen-bond donors (Lipinski definition) is 1. The highest BCUT2D eigenvalue weighted by Gasteiger charge is 2.44. The Morgan fingerprint density at radius 3 is 2.14 bits per heavy atom. The largest absolute Gasteiger partial charge is 0.491 e. The van der Waals surface area contributed by atoms with Crippen molar-refractivity contribution in [3.8, 4) is 5.75 Å². The van der Waals surface area contributed by atoms with E-state index in [1.54, 1.807) is 24.3 Å². The molecule has 29 heavy (non-hydrogen) atoms. The quantitative estimate of drug-likeness (QED) is 0.593. The number of sulfonamides is 1. The molecule has 1 aliphatic heterocycles. The molecule has 1 amide bonds. The average molecular weight is 432 g/mol. The number of methoxy groups -OCH3 is 1. The van der Waals surface area contributed by atoms with E-state index in [-0.39, 0.29) is 6.42 Å². The maximum atomic E-state index is 14.5. The number of nitrogens with one attached hydrogen (secondary N) is 1. The zero-order valence-corrected chi connectivity index (χ0v) is 16.1. The Morgan fingerprint density at radius 2 is 1.62 bits per heavy atom. The molecule has 1 heterocycles. The predicted octanol–water partition coefficient (Wildman–Crippen LogP) is 2.11. The summed E-state index contributed by atoms with van der Waals surface area (Å²) in [7, 11) is -3.11. The molecule has 2 aromatic rings. The maximum absolute atomic E-state index is 14.5. The predicted molar refractivity (Wildman–Crippen MR) is 93.6 cm³/mol. The van der Waals surface area contributed by atoms with Crippen LogP contribution in [-0.2, 0) is 27.8 Å². The zero-order chi connectivity index (χ0) is 21.5. The first-order valence-corrected chi connectivity index (χ1v) is 9.79. The lowest BCUT2D eigenvalue weighted by molar-refractivity contribution is -0.124. The van der Waals surface area contributed by atoms with Crippen LogP contribution in [0.15, 0.2) is 29.2 Å². The van der Waals surface area contributed by atoms with Gasteiger partial charge in [0.1, 0.15) is 6.04 Å². The summed E-state index contributed by atoms with van der Waals surface area (Å²) in [5.74, 6) is -10.4. The molecule has 1 unspecified atom stereocenters. The summed E-state index contributed by atoms with van der Waals surface area (Å²) >= 11 is 0. The molecule has 6 nitrogen and oxygen atoms in total. The molecule has 3 rings (SSSR count). The highest BCUT2D eigenvalue weighted by atomic mass is 32.2. The van der Waals surface area contributed by atoms with Crippen LogP contribution in [0.1, 0.15) is 11.1 Å². The molecule has 0 bridgehead atoms. The number of benzene rings is 2. The minimum atomic E-state index is -5.15. The lowest BCUT2D eigenvalue weighted by atomic mass is 9.95. The van der Waals surface area contributed by atoms with Gasteiger partial charge in [-0.25, -0.2) is 17.2 Å². The summed E-state index contributed by atoms with van der Waals surface area (Å²) in [6, 6.07) is 5.21. The molecule has 1 aliphatic rings. The third-order valence-corrected chi connectivity index (χ3v) is 6.58. The van der Waals surface area contributed by atoms with E-state index in [1.807, 2.05) is 0 Å². The van der Waals surface area contributed by atoms with E-state index in [4.69, 9.17) is 0 Å². The number of carbonyl (C=O) groups excluding carboxylic acids is 1. The summed E-state index contributed by atoms with van der Waals surface area (Å²) in [6.45, 7) is -0.412. The van der Waals surface area contributed by atoms with Gasteiger partial charge in [0, 0.05) is 13.6 Å². The summed E-state index contributed by atoms with van der Waals surface area (Å²) in [5.41, 5.74) is 1.16. The van der Waals surface area contributed by atoms with Gasteiger partial charge in [-0.2, -0.15) is 13.1 Å². The number of amides is 1. The Morgan fingerprint density at radius 1 is 1.07 bits per heavy atom.